The Kier molecular flexibility index (Phi) is 4.88. The fourth-order valence-corrected chi connectivity index (χ4v) is 3.21. The number of aromatic amines is 2. The lowest BCUT2D eigenvalue weighted by Crippen LogP contribution is -2.21. The molecule has 10 nitrogen and oxygen atoms in total. The third-order valence-electron chi connectivity index (χ3n) is 4.59. The number of amides is 2. The number of hydrogen-bond donors (Lipinski definition) is 6. The van der Waals surface area contributed by atoms with Crippen molar-refractivity contribution in [2.75, 3.05) is 10.6 Å². The molecule has 0 unspecified atom stereocenters. The van der Waals surface area contributed by atoms with Crippen LogP contribution in [0.15, 0.2) is 48.5 Å². The van der Waals surface area contributed by atoms with Gasteiger partial charge in [-0.1, -0.05) is 0 Å². The van der Waals surface area contributed by atoms with Gasteiger partial charge in [0, 0.05) is 33.2 Å². The molecule has 0 aliphatic rings. The highest BCUT2D eigenvalue weighted by molar-refractivity contribution is 6.09. The van der Waals surface area contributed by atoms with Crippen molar-refractivity contribution in [3.05, 3.63) is 59.9 Å². The van der Waals surface area contributed by atoms with Gasteiger partial charge in [0.25, 0.3) is 0 Å². The lowest BCUT2D eigenvalue weighted by Gasteiger charge is -2.07. The van der Waals surface area contributed by atoms with Gasteiger partial charge in [-0.25, -0.2) is 9.59 Å². The van der Waals surface area contributed by atoms with E-state index in [0.29, 0.717) is 33.2 Å². The second-order valence-electron chi connectivity index (χ2n) is 6.85. The number of rotatable bonds is 6. The molecule has 0 saturated heterocycles. The standard InChI is InChI=1S/C21H16N4O6/c26-18(22-12-1-3-14-10(5-12)7-16(24-14)20(28)29)9-19(27)23-13-2-4-15-11(6-13)8-17(25-15)21(30)31/h1-8,24-25H,9H2,(H,22,26)(H,23,27)(H,28,29)(H,30,31). The van der Waals surface area contributed by atoms with E-state index in [2.05, 4.69) is 20.6 Å². The topological polar surface area (TPSA) is 164 Å². The Morgan fingerprint density at radius 2 is 1.10 bits per heavy atom. The number of carbonyl (C=O) groups is 4. The van der Waals surface area contributed by atoms with Gasteiger partial charge in [0.1, 0.15) is 17.8 Å². The molecule has 6 N–H and O–H groups in total. The average molecular weight is 420 g/mol. The number of H-pyrrole nitrogens is 2. The van der Waals surface area contributed by atoms with E-state index in [4.69, 9.17) is 10.2 Å². The van der Waals surface area contributed by atoms with Crippen molar-refractivity contribution in [1.82, 2.24) is 9.97 Å². The number of carbonyl (C=O) groups excluding carboxylic acids is 2. The van der Waals surface area contributed by atoms with Crippen LogP contribution in [0.2, 0.25) is 0 Å². The van der Waals surface area contributed by atoms with E-state index < -0.39 is 30.2 Å². The molecule has 4 rings (SSSR count). The molecule has 0 aliphatic carbocycles. The second kappa shape index (κ2) is 7.67. The summed E-state index contributed by atoms with van der Waals surface area (Å²) in [5, 5.41) is 24.5. The summed E-state index contributed by atoms with van der Waals surface area (Å²) in [7, 11) is 0. The maximum absolute atomic E-state index is 12.2. The van der Waals surface area contributed by atoms with Gasteiger partial charge in [0.15, 0.2) is 0 Å². The maximum atomic E-state index is 12.2. The van der Waals surface area contributed by atoms with E-state index >= 15 is 0 Å². The predicted molar refractivity (Wildman–Crippen MR) is 112 cm³/mol. The van der Waals surface area contributed by atoms with E-state index in [9.17, 15) is 19.2 Å². The highest BCUT2D eigenvalue weighted by Gasteiger charge is 2.13. The van der Waals surface area contributed by atoms with Crippen LogP contribution in [-0.2, 0) is 9.59 Å². The van der Waals surface area contributed by atoms with Crippen LogP contribution in [0.25, 0.3) is 21.8 Å². The largest absolute Gasteiger partial charge is 0.477 e. The summed E-state index contributed by atoms with van der Waals surface area (Å²) >= 11 is 0. The molecule has 0 saturated carbocycles. The molecular weight excluding hydrogens is 404 g/mol. The Morgan fingerprint density at radius 1 is 0.677 bits per heavy atom. The van der Waals surface area contributed by atoms with Crippen LogP contribution in [0.3, 0.4) is 0 Å². The highest BCUT2D eigenvalue weighted by Crippen LogP contribution is 2.22. The first kappa shape index (κ1) is 19.7. The van der Waals surface area contributed by atoms with E-state index in [-0.39, 0.29) is 11.4 Å². The van der Waals surface area contributed by atoms with E-state index in [1.54, 1.807) is 36.4 Å². The summed E-state index contributed by atoms with van der Waals surface area (Å²) in [6.07, 6.45) is -0.433. The smallest absolute Gasteiger partial charge is 0.352 e. The fourth-order valence-electron chi connectivity index (χ4n) is 3.21. The summed E-state index contributed by atoms with van der Waals surface area (Å²) in [5.74, 6) is -3.26. The molecule has 0 bridgehead atoms. The zero-order valence-electron chi connectivity index (χ0n) is 15.9. The van der Waals surface area contributed by atoms with Crippen molar-refractivity contribution >= 4 is 56.9 Å². The minimum absolute atomic E-state index is 0.0349. The van der Waals surface area contributed by atoms with Crippen LogP contribution in [0, 0.1) is 0 Å². The Bertz CT molecular complexity index is 1260. The SMILES string of the molecule is O=C(CC(=O)Nc1ccc2[nH]c(C(=O)O)cc2c1)Nc1ccc2[nH]c(C(=O)O)cc2c1. The lowest BCUT2D eigenvalue weighted by atomic mass is 10.2. The number of hydrogen-bond acceptors (Lipinski definition) is 4. The molecule has 31 heavy (non-hydrogen) atoms. The van der Waals surface area contributed by atoms with Crippen LogP contribution >= 0.6 is 0 Å². The van der Waals surface area contributed by atoms with Gasteiger partial charge in [0.2, 0.25) is 11.8 Å². The summed E-state index contributed by atoms with van der Waals surface area (Å²) in [6.45, 7) is 0. The zero-order valence-corrected chi connectivity index (χ0v) is 15.9. The van der Waals surface area contributed by atoms with Crippen LogP contribution < -0.4 is 10.6 Å². The van der Waals surface area contributed by atoms with Gasteiger partial charge >= 0.3 is 11.9 Å². The average Bonchev–Trinajstić information content (AvgIpc) is 3.31. The van der Waals surface area contributed by atoms with Crippen molar-refractivity contribution in [2.45, 2.75) is 6.42 Å². The van der Waals surface area contributed by atoms with Crippen LogP contribution in [0.4, 0.5) is 11.4 Å². The first-order chi connectivity index (χ1) is 14.8. The van der Waals surface area contributed by atoms with Crippen molar-refractivity contribution in [1.29, 1.82) is 0 Å². The molecule has 0 radical (unpaired) electrons. The number of carboxylic acids is 2. The quantitative estimate of drug-likeness (QED) is 0.262. The Hall–Kier alpha value is -4.60. The van der Waals surface area contributed by atoms with Gasteiger partial charge < -0.3 is 30.8 Å². The monoisotopic (exact) mass is 420 g/mol. The van der Waals surface area contributed by atoms with Crippen molar-refractivity contribution in [2.24, 2.45) is 0 Å². The summed E-state index contributed by atoms with van der Waals surface area (Å²) in [4.78, 5) is 52.0. The minimum atomic E-state index is -1.09. The fraction of sp³-hybridized carbons (Fsp3) is 0.0476. The molecule has 0 atom stereocenters. The lowest BCUT2D eigenvalue weighted by molar-refractivity contribution is -0.123. The van der Waals surface area contributed by atoms with Gasteiger partial charge in [-0.3, -0.25) is 9.59 Å². The van der Waals surface area contributed by atoms with Crippen molar-refractivity contribution < 1.29 is 29.4 Å². The van der Waals surface area contributed by atoms with E-state index in [0.717, 1.165) is 0 Å². The highest BCUT2D eigenvalue weighted by atomic mass is 16.4. The third-order valence-corrected chi connectivity index (χ3v) is 4.59. The molecule has 10 heteroatoms. The number of benzene rings is 2. The maximum Gasteiger partial charge on any atom is 0.352 e. The predicted octanol–water partition coefficient (Wildman–Crippen LogP) is 3.01. The van der Waals surface area contributed by atoms with Crippen LogP contribution in [0.1, 0.15) is 27.4 Å². The van der Waals surface area contributed by atoms with Gasteiger partial charge in [-0.2, -0.15) is 0 Å². The first-order valence-corrected chi connectivity index (χ1v) is 9.10. The summed E-state index contributed by atoms with van der Waals surface area (Å²) in [5.41, 5.74) is 2.14. The van der Waals surface area contributed by atoms with Crippen molar-refractivity contribution in [3.8, 4) is 0 Å². The Labute approximate surface area is 173 Å². The molecule has 4 aromatic rings. The van der Waals surface area contributed by atoms with Crippen LogP contribution in [-0.4, -0.2) is 43.9 Å². The molecule has 2 amide bonds. The Balaban J connectivity index is 1.39. The second-order valence-corrected chi connectivity index (χ2v) is 6.85. The number of nitrogens with one attached hydrogen (secondary N) is 4. The molecule has 156 valence electrons. The molecular formula is C21H16N4O6. The zero-order chi connectivity index (χ0) is 22.1. The van der Waals surface area contributed by atoms with Gasteiger partial charge in [-0.15, -0.1) is 0 Å². The molecule has 0 spiro atoms. The molecule has 2 aromatic carbocycles. The van der Waals surface area contributed by atoms with Gasteiger partial charge in [-0.05, 0) is 48.5 Å². The molecule has 0 fully saturated rings. The normalized spacial score (nSPS) is 10.8. The molecule has 0 aliphatic heterocycles. The third kappa shape index (κ3) is 4.22. The first-order valence-electron chi connectivity index (χ1n) is 9.10. The van der Waals surface area contributed by atoms with E-state index in [1.807, 2.05) is 0 Å². The van der Waals surface area contributed by atoms with Crippen molar-refractivity contribution in [3.63, 3.8) is 0 Å². The summed E-state index contributed by atoms with van der Waals surface area (Å²) < 4.78 is 0. The molecule has 2 heterocycles. The molecule has 2 aromatic heterocycles. The number of aromatic nitrogens is 2. The number of carboxylic acid groups (broad SMARTS) is 2. The Morgan fingerprint density at radius 3 is 1.48 bits per heavy atom. The number of fused-ring (bicyclic) bond motifs is 2. The van der Waals surface area contributed by atoms with Crippen LogP contribution in [0.5, 0.6) is 0 Å². The number of aromatic carboxylic acids is 2. The number of anilines is 2. The van der Waals surface area contributed by atoms with Gasteiger partial charge in [0.05, 0.1) is 0 Å². The van der Waals surface area contributed by atoms with E-state index in [1.165, 1.54) is 12.1 Å². The summed E-state index contributed by atoms with van der Waals surface area (Å²) in [6, 6.07) is 12.6. The minimum Gasteiger partial charge on any atom is -0.477 e.